The molecule has 0 aliphatic heterocycles. The number of anilines is 1. The molecular weight excluding hydrogens is 374 g/mol. The molecule has 3 aromatic carbocycles. The molecule has 0 saturated heterocycles. The maximum absolute atomic E-state index is 14.1. The van der Waals surface area contributed by atoms with Crippen LogP contribution in [0.25, 0.3) is 11.0 Å². The van der Waals surface area contributed by atoms with Gasteiger partial charge in [-0.2, -0.15) is 0 Å². The first-order valence-corrected chi connectivity index (χ1v) is 8.91. The number of carbonyl (C=O) groups is 1. The number of fused-ring (bicyclic) bond motifs is 1. The van der Waals surface area contributed by atoms with Crippen LogP contribution in [0.3, 0.4) is 0 Å². The Labute approximate surface area is 165 Å². The Kier molecular flexibility index (Phi) is 4.91. The molecule has 0 radical (unpaired) electrons. The second kappa shape index (κ2) is 7.67. The molecule has 1 N–H and O–H groups in total. The minimum absolute atomic E-state index is 0.107. The minimum atomic E-state index is -0.722. The number of carbonyl (C=O) groups excluding carboxylic acids is 1. The lowest BCUT2D eigenvalue weighted by molar-refractivity contribution is 0.102. The predicted molar refractivity (Wildman–Crippen MR) is 107 cm³/mol. The Morgan fingerprint density at radius 2 is 1.72 bits per heavy atom. The summed E-state index contributed by atoms with van der Waals surface area (Å²) in [7, 11) is 0. The zero-order valence-corrected chi connectivity index (χ0v) is 15.4. The first kappa shape index (κ1) is 18.6. The zero-order valence-electron chi connectivity index (χ0n) is 15.4. The van der Waals surface area contributed by atoms with E-state index in [4.69, 9.17) is 4.42 Å². The summed E-state index contributed by atoms with van der Waals surface area (Å²) < 4.78 is 33.4. The molecule has 1 heterocycles. The van der Waals surface area contributed by atoms with E-state index in [9.17, 15) is 13.6 Å². The van der Waals surface area contributed by atoms with Crippen LogP contribution in [0.2, 0.25) is 0 Å². The molecule has 0 spiro atoms. The number of aryl methyl sites for hydroxylation is 1. The van der Waals surface area contributed by atoms with Crippen molar-refractivity contribution in [1.29, 1.82) is 0 Å². The molecule has 0 atom stereocenters. The van der Waals surface area contributed by atoms with E-state index in [1.807, 2.05) is 25.1 Å². The molecule has 0 aliphatic carbocycles. The standard InChI is InChI=1S/C23H16F2N2O2/c1-14-6-2-4-8-19(14)26-22(28)17-12-15-7-3-5-9-21(15)29-23(17)27-20-13-16(24)10-11-18(20)25/h2-13H,1H3,(H,26,28). The highest BCUT2D eigenvalue weighted by Crippen LogP contribution is 2.20. The quantitative estimate of drug-likeness (QED) is 0.502. The lowest BCUT2D eigenvalue weighted by Crippen LogP contribution is -2.22. The number of halogens is 2. The van der Waals surface area contributed by atoms with Gasteiger partial charge in [-0.25, -0.2) is 13.8 Å². The van der Waals surface area contributed by atoms with Crippen molar-refractivity contribution in [1.82, 2.24) is 0 Å². The van der Waals surface area contributed by atoms with E-state index in [2.05, 4.69) is 10.3 Å². The fourth-order valence-corrected chi connectivity index (χ4v) is 2.90. The normalized spacial score (nSPS) is 11.6. The molecule has 0 bridgehead atoms. The van der Waals surface area contributed by atoms with Crippen molar-refractivity contribution in [3.05, 3.63) is 101 Å². The van der Waals surface area contributed by atoms with E-state index in [0.717, 1.165) is 23.8 Å². The summed E-state index contributed by atoms with van der Waals surface area (Å²) in [6.45, 7) is 1.87. The zero-order chi connectivity index (χ0) is 20.4. The molecule has 0 unspecified atom stereocenters. The highest BCUT2D eigenvalue weighted by molar-refractivity contribution is 6.05. The SMILES string of the molecule is Cc1ccccc1NC(=O)c1cc2ccccc2oc1=Nc1cc(F)ccc1F. The van der Waals surface area contributed by atoms with Crippen molar-refractivity contribution in [3.8, 4) is 0 Å². The fraction of sp³-hybridized carbons (Fsp3) is 0.0435. The summed E-state index contributed by atoms with van der Waals surface area (Å²) in [5.41, 5.74) is 1.72. The summed E-state index contributed by atoms with van der Waals surface area (Å²) in [6.07, 6.45) is 0. The van der Waals surface area contributed by atoms with Crippen molar-refractivity contribution in [3.63, 3.8) is 0 Å². The number of benzene rings is 3. The number of para-hydroxylation sites is 2. The second-order valence-corrected chi connectivity index (χ2v) is 6.48. The molecule has 29 heavy (non-hydrogen) atoms. The molecule has 0 fully saturated rings. The summed E-state index contributed by atoms with van der Waals surface area (Å²) in [4.78, 5) is 17.1. The van der Waals surface area contributed by atoms with Gasteiger partial charge < -0.3 is 9.73 Å². The third-order valence-electron chi connectivity index (χ3n) is 4.42. The van der Waals surface area contributed by atoms with Gasteiger partial charge in [-0.05, 0) is 42.8 Å². The molecule has 6 heteroatoms. The van der Waals surface area contributed by atoms with Crippen molar-refractivity contribution in [2.75, 3.05) is 5.32 Å². The van der Waals surface area contributed by atoms with E-state index in [0.29, 0.717) is 16.7 Å². The number of rotatable bonds is 3. The van der Waals surface area contributed by atoms with Crippen molar-refractivity contribution in [2.24, 2.45) is 4.99 Å². The monoisotopic (exact) mass is 390 g/mol. The molecular formula is C23H16F2N2O2. The van der Waals surface area contributed by atoms with Crippen LogP contribution in [0, 0.1) is 18.6 Å². The summed E-state index contributed by atoms with van der Waals surface area (Å²) in [5.74, 6) is -1.83. The Hall–Kier alpha value is -3.80. The first-order chi connectivity index (χ1) is 14.0. The van der Waals surface area contributed by atoms with Crippen molar-refractivity contribution >= 4 is 28.3 Å². The van der Waals surface area contributed by atoms with Gasteiger partial charge in [0.15, 0.2) is 0 Å². The van der Waals surface area contributed by atoms with Crippen LogP contribution in [-0.4, -0.2) is 5.91 Å². The fourth-order valence-electron chi connectivity index (χ4n) is 2.90. The van der Waals surface area contributed by atoms with Gasteiger partial charge in [-0.15, -0.1) is 0 Å². The van der Waals surface area contributed by atoms with Gasteiger partial charge in [-0.3, -0.25) is 4.79 Å². The number of amides is 1. The van der Waals surface area contributed by atoms with Crippen LogP contribution in [0.5, 0.6) is 0 Å². The van der Waals surface area contributed by atoms with E-state index < -0.39 is 17.5 Å². The third kappa shape index (κ3) is 3.91. The predicted octanol–water partition coefficient (Wildman–Crippen LogP) is 5.50. The molecule has 0 aliphatic rings. The van der Waals surface area contributed by atoms with E-state index in [-0.39, 0.29) is 16.8 Å². The molecule has 4 rings (SSSR count). The van der Waals surface area contributed by atoms with Gasteiger partial charge in [-0.1, -0.05) is 36.4 Å². The maximum atomic E-state index is 14.1. The average Bonchev–Trinajstić information content (AvgIpc) is 2.72. The summed E-state index contributed by atoms with van der Waals surface area (Å²) >= 11 is 0. The summed E-state index contributed by atoms with van der Waals surface area (Å²) in [6, 6.07) is 18.9. The Bertz CT molecular complexity index is 1300. The van der Waals surface area contributed by atoms with E-state index >= 15 is 0 Å². The summed E-state index contributed by atoms with van der Waals surface area (Å²) in [5, 5.41) is 3.50. The second-order valence-electron chi connectivity index (χ2n) is 6.48. The Morgan fingerprint density at radius 3 is 2.55 bits per heavy atom. The van der Waals surface area contributed by atoms with Crippen LogP contribution in [0.4, 0.5) is 20.2 Å². The number of hydrogen-bond acceptors (Lipinski definition) is 3. The minimum Gasteiger partial charge on any atom is -0.438 e. The number of hydrogen-bond donors (Lipinski definition) is 1. The van der Waals surface area contributed by atoms with Crippen LogP contribution in [-0.2, 0) is 0 Å². The maximum Gasteiger partial charge on any atom is 0.261 e. The lowest BCUT2D eigenvalue weighted by atomic mass is 10.1. The van der Waals surface area contributed by atoms with Gasteiger partial charge in [0.1, 0.15) is 28.5 Å². The average molecular weight is 390 g/mol. The van der Waals surface area contributed by atoms with E-state index in [1.54, 1.807) is 36.4 Å². The van der Waals surface area contributed by atoms with Gasteiger partial charge in [0.05, 0.1) is 0 Å². The van der Waals surface area contributed by atoms with Crippen LogP contribution < -0.4 is 10.9 Å². The Balaban J connectivity index is 1.89. The van der Waals surface area contributed by atoms with Gasteiger partial charge >= 0.3 is 0 Å². The number of nitrogens with one attached hydrogen (secondary N) is 1. The van der Waals surface area contributed by atoms with Crippen molar-refractivity contribution in [2.45, 2.75) is 6.92 Å². The molecule has 4 aromatic rings. The highest BCUT2D eigenvalue weighted by atomic mass is 19.1. The number of nitrogens with zero attached hydrogens (tertiary/aromatic N) is 1. The molecule has 4 nitrogen and oxygen atoms in total. The van der Waals surface area contributed by atoms with Gasteiger partial charge in [0.2, 0.25) is 5.55 Å². The lowest BCUT2D eigenvalue weighted by Gasteiger charge is -2.09. The smallest absolute Gasteiger partial charge is 0.261 e. The molecule has 0 saturated carbocycles. The van der Waals surface area contributed by atoms with Crippen LogP contribution >= 0.6 is 0 Å². The first-order valence-electron chi connectivity index (χ1n) is 8.91. The topological polar surface area (TPSA) is 54.6 Å². The molecule has 1 aromatic heterocycles. The Morgan fingerprint density at radius 1 is 0.966 bits per heavy atom. The van der Waals surface area contributed by atoms with Crippen LogP contribution in [0.15, 0.2) is 82.2 Å². The van der Waals surface area contributed by atoms with Crippen LogP contribution in [0.1, 0.15) is 15.9 Å². The van der Waals surface area contributed by atoms with Gasteiger partial charge in [0.25, 0.3) is 5.91 Å². The third-order valence-corrected chi connectivity index (χ3v) is 4.42. The molecule has 1 amide bonds. The van der Waals surface area contributed by atoms with Gasteiger partial charge in [0, 0.05) is 17.1 Å². The van der Waals surface area contributed by atoms with Crippen molar-refractivity contribution < 1.29 is 18.0 Å². The molecule has 144 valence electrons. The van der Waals surface area contributed by atoms with E-state index in [1.165, 1.54) is 0 Å². The highest BCUT2D eigenvalue weighted by Gasteiger charge is 2.14. The largest absolute Gasteiger partial charge is 0.438 e.